The molecule has 6 heteroatoms. The van der Waals surface area contributed by atoms with Crippen molar-refractivity contribution >= 4 is 23.6 Å². The van der Waals surface area contributed by atoms with E-state index in [1.165, 1.54) is 4.90 Å². The second-order valence-corrected chi connectivity index (χ2v) is 9.86. The summed E-state index contributed by atoms with van der Waals surface area (Å²) in [4.78, 5) is 52.8. The molecule has 0 unspecified atom stereocenters. The zero-order chi connectivity index (χ0) is 22.6. The molecule has 1 aromatic carbocycles. The lowest BCUT2D eigenvalue weighted by Gasteiger charge is -2.33. The van der Waals surface area contributed by atoms with Gasteiger partial charge in [-0.1, -0.05) is 42.0 Å². The predicted octanol–water partition coefficient (Wildman–Crippen LogP) is 3.48. The Morgan fingerprint density at radius 3 is 2.06 bits per heavy atom. The highest BCUT2D eigenvalue weighted by molar-refractivity contribution is 6.06. The first kappa shape index (κ1) is 21.1. The highest BCUT2D eigenvalue weighted by atomic mass is 16.5. The van der Waals surface area contributed by atoms with E-state index in [9.17, 15) is 19.2 Å². The van der Waals surface area contributed by atoms with Gasteiger partial charge in [0.2, 0.25) is 17.6 Å². The van der Waals surface area contributed by atoms with Crippen LogP contribution in [0.2, 0.25) is 0 Å². The van der Waals surface area contributed by atoms with E-state index in [1.807, 2.05) is 19.1 Å². The first-order valence-corrected chi connectivity index (χ1v) is 11.7. The van der Waals surface area contributed by atoms with Gasteiger partial charge in [-0.2, -0.15) is 0 Å². The fourth-order valence-corrected chi connectivity index (χ4v) is 6.13. The summed E-state index contributed by atoms with van der Waals surface area (Å²) in [5, 5.41) is 0. The molecule has 0 spiro atoms. The summed E-state index contributed by atoms with van der Waals surface area (Å²) >= 11 is 0. The van der Waals surface area contributed by atoms with Crippen LogP contribution in [-0.4, -0.2) is 40.6 Å². The van der Waals surface area contributed by atoms with E-state index in [0.29, 0.717) is 31.2 Å². The number of carbonyl (C=O) groups excluding carboxylic acids is 4. The average molecular weight is 436 g/mol. The predicted molar refractivity (Wildman–Crippen MR) is 116 cm³/mol. The molecule has 168 valence electrons. The maximum Gasteiger partial charge on any atom is 0.309 e. The third-order valence-electron chi connectivity index (χ3n) is 7.90. The summed E-state index contributed by atoms with van der Waals surface area (Å²) in [5.41, 5.74) is 1.59. The molecule has 1 saturated heterocycles. The first-order chi connectivity index (χ1) is 15.3. The maximum atomic E-state index is 13.0. The van der Waals surface area contributed by atoms with Crippen molar-refractivity contribution in [1.29, 1.82) is 0 Å². The van der Waals surface area contributed by atoms with Gasteiger partial charge in [0.15, 0.2) is 6.10 Å². The number of nitrogens with zero attached hydrogens (tertiary/aromatic N) is 1. The van der Waals surface area contributed by atoms with Crippen LogP contribution in [0.15, 0.2) is 36.4 Å². The summed E-state index contributed by atoms with van der Waals surface area (Å²) in [6, 6.07) is 7.08. The van der Waals surface area contributed by atoms with E-state index in [0.717, 1.165) is 12.0 Å². The Kier molecular flexibility index (Phi) is 5.26. The van der Waals surface area contributed by atoms with Crippen LogP contribution in [0.3, 0.4) is 0 Å². The number of aryl methyl sites for hydroxylation is 1. The van der Waals surface area contributed by atoms with Gasteiger partial charge in [0, 0.05) is 11.6 Å². The lowest BCUT2D eigenvalue weighted by atomic mass is 9.85. The van der Waals surface area contributed by atoms with Crippen LogP contribution < -0.4 is 0 Å². The number of Topliss-reactive ketones (excluding diaryl/α,β-unsaturated/α-hetero) is 1. The minimum Gasteiger partial charge on any atom is -0.454 e. The van der Waals surface area contributed by atoms with Crippen LogP contribution in [0.4, 0.5) is 0 Å². The summed E-state index contributed by atoms with van der Waals surface area (Å²) < 4.78 is 5.49. The Morgan fingerprint density at radius 2 is 1.50 bits per heavy atom. The third kappa shape index (κ3) is 3.40. The highest BCUT2D eigenvalue weighted by Gasteiger charge is 2.60. The molecular formula is C26H29NO5. The van der Waals surface area contributed by atoms with Gasteiger partial charge in [-0.15, -0.1) is 0 Å². The largest absolute Gasteiger partial charge is 0.454 e. The molecule has 4 aliphatic rings. The van der Waals surface area contributed by atoms with Gasteiger partial charge in [0.1, 0.15) is 0 Å². The van der Waals surface area contributed by atoms with E-state index >= 15 is 0 Å². The molecule has 1 heterocycles. The number of esters is 1. The number of ketones is 1. The quantitative estimate of drug-likeness (QED) is 0.306. The topological polar surface area (TPSA) is 80.8 Å². The lowest BCUT2D eigenvalue weighted by molar-refractivity contribution is -0.153. The summed E-state index contributed by atoms with van der Waals surface area (Å²) in [7, 11) is 0. The van der Waals surface area contributed by atoms with Crippen molar-refractivity contribution in [3.05, 3.63) is 47.5 Å². The van der Waals surface area contributed by atoms with Gasteiger partial charge in [0.25, 0.3) is 0 Å². The van der Waals surface area contributed by atoms with Crippen molar-refractivity contribution in [2.45, 2.75) is 58.1 Å². The van der Waals surface area contributed by atoms with Crippen molar-refractivity contribution < 1.29 is 23.9 Å². The Hall–Kier alpha value is -2.76. The molecule has 1 aliphatic heterocycles. The second kappa shape index (κ2) is 7.98. The molecule has 3 fully saturated rings. The number of amides is 2. The zero-order valence-electron chi connectivity index (χ0n) is 18.5. The van der Waals surface area contributed by atoms with Crippen LogP contribution in [-0.2, 0) is 19.1 Å². The summed E-state index contributed by atoms with van der Waals surface area (Å²) in [5.74, 6) is -0.826. The first-order valence-electron chi connectivity index (χ1n) is 11.7. The molecule has 0 N–H and O–H groups in total. The molecule has 32 heavy (non-hydrogen) atoms. The van der Waals surface area contributed by atoms with Crippen molar-refractivity contribution in [1.82, 2.24) is 4.90 Å². The number of rotatable bonds is 5. The summed E-state index contributed by atoms with van der Waals surface area (Å²) in [6.07, 6.45) is 6.64. The number of carbonyl (C=O) groups is 4. The fourth-order valence-electron chi connectivity index (χ4n) is 6.13. The Labute approximate surface area is 188 Å². The molecule has 3 aliphatic carbocycles. The molecule has 1 aromatic rings. The maximum absolute atomic E-state index is 13.0. The van der Waals surface area contributed by atoms with Crippen molar-refractivity contribution in [2.75, 3.05) is 0 Å². The summed E-state index contributed by atoms with van der Waals surface area (Å²) in [6.45, 7) is 3.55. The molecule has 0 aromatic heterocycles. The molecular weight excluding hydrogens is 406 g/mol. The molecule has 2 bridgehead atoms. The van der Waals surface area contributed by atoms with E-state index in [-0.39, 0.29) is 59.2 Å². The number of allylic oxidation sites excluding steroid dienone is 2. The van der Waals surface area contributed by atoms with E-state index in [2.05, 4.69) is 12.2 Å². The number of ether oxygens (including phenoxy) is 1. The van der Waals surface area contributed by atoms with Crippen molar-refractivity contribution in [3.63, 3.8) is 0 Å². The van der Waals surface area contributed by atoms with E-state index in [1.54, 1.807) is 19.1 Å². The second-order valence-electron chi connectivity index (χ2n) is 9.86. The normalized spacial score (nSPS) is 34.0. The minimum atomic E-state index is -0.841. The third-order valence-corrected chi connectivity index (χ3v) is 7.90. The number of benzene rings is 1. The van der Waals surface area contributed by atoms with Crippen molar-refractivity contribution in [3.8, 4) is 0 Å². The average Bonchev–Trinajstić information content (AvgIpc) is 3.47. The van der Waals surface area contributed by atoms with Gasteiger partial charge >= 0.3 is 5.97 Å². The lowest BCUT2D eigenvalue weighted by Crippen LogP contribution is -2.44. The Morgan fingerprint density at radius 1 is 0.938 bits per heavy atom. The number of likely N-dealkylation sites (tertiary alicyclic amines) is 1. The van der Waals surface area contributed by atoms with Crippen LogP contribution >= 0.6 is 0 Å². The molecule has 0 radical (unpaired) electrons. The molecule has 5 atom stereocenters. The minimum absolute atomic E-state index is 0.0137. The van der Waals surface area contributed by atoms with Crippen LogP contribution in [0.25, 0.3) is 0 Å². The number of fused-ring (bicyclic) bond motifs is 5. The van der Waals surface area contributed by atoms with E-state index in [4.69, 9.17) is 4.74 Å². The standard InChI is InChI=1S/C26H29NO5/c1-14-3-5-16(6-4-14)23(28)15(2)32-26(31)17-9-11-20(12-10-17)27-24(29)21-18-7-8-19(13-18)22(21)25(27)30/h3-8,15,17-22H,9-13H2,1-2H3/t15-,17?,18+,19+,20?,21+,22+/m1/s1. The molecule has 5 rings (SSSR count). The van der Waals surface area contributed by atoms with Gasteiger partial charge in [-0.05, 0) is 57.8 Å². The van der Waals surface area contributed by atoms with E-state index < -0.39 is 6.10 Å². The van der Waals surface area contributed by atoms with Gasteiger partial charge in [-0.3, -0.25) is 24.1 Å². The molecule has 2 amide bonds. The highest BCUT2D eigenvalue weighted by Crippen LogP contribution is 2.53. The van der Waals surface area contributed by atoms with Crippen molar-refractivity contribution in [2.24, 2.45) is 29.6 Å². The van der Waals surface area contributed by atoms with Gasteiger partial charge in [0.05, 0.1) is 17.8 Å². The molecule has 2 saturated carbocycles. The number of hydrogen-bond acceptors (Lipinski definition) is 5. The number of hydrogen-bond donors (Lipinski definition) is 0. The molecule has 6 nitrogen and oxygen atoms in total. The van der Waals surface area contributed by atoms with Crippen LogP contribution in [0.1, 0.15) is 54.9 Å². The van der Waals surface area contributed by atoms with Crippen LogP contribution in [0, 0.1) is 36.5 Å². The SMILES string of the molecule is Cc1ccc(C(=O)[C@@H](C)OC(=O)C2CCC(N3C(=O)[C@@H]4[C@@H](C3=O)[C@H]3C=C[C@H]4C3)CC2)cc1. The van der Waals surface area contributed by atoms with Crippen LogP contribution in [0.5, 0.6) is 0 Å². The zero-order valence-corrected chi connectivity index (χ0v) is 18.5. The Balaban J connectivity index is 1.16. The fraction of sp³-hybridized carbons (Fsp3) is 0.538. The van der Waals surface area contributed by atoms with Gasteiger partial charge in [-0.25, -0.2) is 0 Å². The number of imide groups is 1. The monoisotopic (exact) mass is 435 g/mol. The Bertz CT molecular complexity index is 958. The van der Waals surface area contributed by atoms with Gasteiger partial charge < -0.3 is 4.74 Å². The smallest absolute Gasteiger partial charge is 0.309 e.